The van der Waals surface area contributed by atoms with E-state index in [0.717, 1.165) is 31.7 Å². The van der Waals surface area contributed by atoms with E-state index in [4.69, 9.17) is 4.74 Å². The summed E-state index contributed by atoms with van der Waals surface area (Å²) < 4.78 is 6.05. The van der Waals surface area contributed by atoms with E-state index in [9.17, 15) is 0 Å². The van der Waals surface area contributed by atoms with E-state index in [2.05, 4.69) is 24.1 Å². The summed E-state index contributed by atoms with van der Waals surface area (Å²) in [6, 6.07) is 0.864. The maximum absolute atomic E-state index is 6.05. The predicted octanol–water partition coefficient (Wildman–Crippen LogP) is 3.44. The monoisotopic (exact) mass is 296 g/mol. The molecule has 1 N–H and O–H groups in total. The van der Waals surface area contributed by atoms with Crippen molar-refractivity contribution in [2.75, 3.05) is 32.8 Å². The number of piperidine rings is 1. The molecule has 0 aromatic carbocycles. The third-order valence-corrected chi connectivity index (χ3v) is 5.06. The summed E-state index contributed by atoms with van der Waals surface area (Å²) in [5.41, 5.74) is 0. The van der Waals surface area contributed by atoms with Crippen LogP contribution in [0.1, 0.15) is 65.2 Å². The van der Waals surface area contributed by atoms with Gasteiger partial charge in [-0.3, -0.25) is 0 Å². The molecule has 0 aromatic heterocycles. The van der Waals surface area contributed by atoms with Crippen molar-refractivity contribution < 1.29 is 4.74 Å². The van der Waals surface area contributed by atoms with Gasteiger partial charge in [-0.2, -0.15) is 0 Å². The van der Waals surface area contributed by atoms with Crippen LogP contribution in [0.3, 0.4) is 0 Å². The lowest BCUT2D eigenvalue weighted by molar-refractivity contribution is 0.0256. The van der Waals surface area contributed by atoms with Crippen molar-refractivity contribution in [1.82, 2.24) is 10.2 Å². The fourth-order valence-electron chi connectivity index (χ4n) is 3.65. The van der Waals surface area contributed by atoms with Crippen molar-refractivity contribution in [3.05, 3.63) is 0 Å². The maximum Gasteiger partial charge on any atom is 0.0599 e. The fraction of sp³-hybridized carbons (Fsp3) is 1.00. The van der Waals surface area contributed by atoms with Gasteiger partial charge in [0.2, 0.25) is 0 Å². The minimum atomic E-state index is 0.516. The van der Waals surface area contributed by atoms with E-state index < -0.39 is 0 Å². The fourth-order valence-corrected chi connectivity index (χ4v) is 3.65. The molecule has 1 aliphatic heterocycles. The van der Waals surface area contributed by atoms with Gasteiger partial charge in [0.15, 0.2) is 0 Å². The number of hydrogen-bond acceptors (Lipinski definition) is 3. The van der Waals surface area contributed by atoms with Gasteiger partial charge in [0, 0.05) is 19.2 Å². The number of nitrogens with one attached hydrogen (secondary N) is 1. The average molecular weight is 296 g/mol. The third kappa shape index (κ3) is 6.66. The second-order valence-corrected chi connectivity index (χ2v) is 7.33. The molecule has 0 amide bonds. The van der Waals surface area contributed by atoms with Crippen molar-refractivity contribution in [2.24, 2.45) is 5.92 Å². The Kier molecular flexibility index (Phi) is 8.05. The van der Waals surface area contributed by atoms with E-state index in [-0.39, 0.29) is 0 Å². The first-order valence-electron chi connectivity index (χ1n) is 9.32. The predicted molar refractivity (Wildman–Crippen MR) is 89.7 cm³/mol. The van der Waals surface area contributed by atoms with Crippen LogP contribution in [-0.4, -0.2) is 49.8 Å². The highest BCUT2D eigenvalue weighted by Crippen LogP contribution is 2.24. The standard InChI is InChI=1S/C18H36N2O/c1-16(2)10-14-20(17-6-3-4-7-17)13-5-15-21-18-8-11-19-12-9-18/h16-19H,3-15H2,1-2H3. The van der Waals surface area contributed by atoms with Gasteiger partial charge in [-0.1, -0.05) is 26.7 Å². The van der Waals surface area contributed by atoms with Crippen molar-refractivity contribution in [3.8, 4) is 0 Å². The van der Waals surface area contributed by atoms with Crippen LogP contribution in [0.2, 0.25) is 0 Å². The van der Waals surface area contributed by atoms with Gasteiger partial charge in [-0.25, -0.2) is 0 Å². The zero-order valence-electron chi connectivity index (χ0n) is 14.3. The molecule has 3 nitrogen and oxygen atoms in total. The zero-order chi connectivity index (χ0) is 14.9. The first kappa shape index (κ1) is 17.2. The lowest BCUT2D eigenvalue weighted by atomic mass is 10.1. The topological polar surface area (TPSA) is 24.5 Å². The summed E-state index contributed by atoms with van der Waals surface area (Å²) in [7, 11) is 0. The quantitative estimate of drug-likeness (QED) is 0.660. The molecule has 2 fully saturated rings. The molecule has 0 atom stereocenters. The molecule has 1 heterocycles. The molecular weight excluding hydrogens is 260 g/mol. The number of ether oxygens (including phenoxy) is 1. The van der Waals surface area contributed by atoms with Crippen molar-refractivity contribution >= 4 is 0 Å². The largest absolute Gasteiger partial charge is 0.378 e. The maximum atomic E-state index is 6.05. The Morgan fingerprint density at radius 3 is 2.43 bits per heavy atom. The van der Waals surface area contributed by atoms with Crippen LogP contribution in [-0.2, 0) is 4.74 Å². The van der Waals surface area contributed by atoms with Crippen LogP contribution in [0.5, 0.6) is 0 Å². The molecule has 2 rings (SSSR count). The van der Waals surface area contributed by atoms with E-state index in [1.165, 1.54) is 64.5 Å². The van der Waals surface area contributed by atoms with Crippen molar-refractivity contribution in [2.45, 2.75) is 77.4 Å². The summed E-state index contributed by atoms with van der Waals surface area (Å²) in [5, 5.41) is 3.40. The molecule has 124 valence electrons. The van der Waals surface area contributed by atoms with E-state index >= 15 is 0 Å². The first-order chi connectivity index (χ1) is 10.3. The molecule has 1 saturated carbocycles. The summed E-state index contributed by atoms with van der Waals surface area (Å²) in [6.45, 7) is 10.4. The van der Waals surface area contributed by atoms with Gasteiger partial charge in [0.05, 0.1) is 6.10 Å². The minimum Gasteiger partial charge on any atom is -0.378 e. The third-order valence-electron chi connectivity index (χ3n) is 5.06. The molecule has 0 unspecified atom stereocenters. The summed E-state index contributed by atoms with van der Waals surface area (Å²) in [4.78, 5) is 2.76. The molecular formula is C18H36N2O. The van der Waals surface area contributed by atoms with Gasteiger partial charge >= 0.3 is 0 Å². The van der Waals surface area contributed by atoms with Crippen molar-refractivity contribution in [3.63, 3.8) is 0 Å². The van der Waals surface area contributed by atoms with Gasteiger partial charge in [-0.15, -0.1) is 0 Å². The summed E-state index contributed by atoms with van der Waals surface area (Å²) in [6.07, 6.45) is 11.2. The normalized spacial score (nSPS) is 21.7. The second-order valence-electron chi connectivity index (χ2n) is 7.33. The van der Waals surface area contributed by atoms with Crippen LogP contribution in [0.15, 0.2) is 0 Å². The highest BCUT2D eigenvalue weighted by Gasteiger charge is 2.22. The first-order valence-corrected chi connectivity index (χ1v) is 9.32. The molecule has 1 saturated heterocycles. The van der Waals surface area contributed by atoms with Crippen LogP contribution in [0.4, 0.5) is 0 Å². The molecule has 0 radical (unpaired) electrons. The Hall–Kier alpha value is -0.120. The lowest BCUT2D eigenvalue weighted by Crippen LogP contribution is -2.36. The van der Waals surface area contributed by atoms with Gasteiger partial charge < -0.3 is 15.0 Å². The lowest BCUT2D eigenvalue weighted by Gasteiger charge is -2.30. The van der Waals surface area contributed by atoms with E-state index in [1.807, 2.05) is 0 Å². The Balaban J connectivity index is 1.63. The molecule has 0 aromatic rings. The molecule has 0 bridgehead atoms. The summed E-state index contributed by atoms with van der Waals surface area (Å²) >= 11 is 0. The second kappa shape index (κ2) is 9.81. The van der Waals surface area contributed by atoms with Gasteiger partial charge in [-0.05, 0) is 64.1 Å². The number of rotatable bonds is 9. The Bertz CT molecular complexity index is 258. The van der Waals surface area contributed by atoms with Crippen LogP contribution >= 0.6 is 0 Å². The zero-order valence-corrected chi connectivity index (χ0v) is 14.3. The molecule has 1 aliphatic carbocycles. The minimum absolute atomic E-state index is 0.516. The Labute approximate surface area is 131 Å². The Morgan fingerprint density at radius 1 is 1.05 bits per heavy atom. The van der Waals surface area contributed by atoms with Gasteiger partial charge in [0.1, 0.15) is 0 Å². The van der Waals surface area contributed by atoms with Crippen molar-refractivity contribution in [1.29, 1.82) is 0 Å². The van der Waals surface area contributed by atoms with E-state index in [0.29, 0.717) is 6.10 Å². The molecule has 3 heteroatoms. The molecule has 2 aliphatic rings. The smallest absolute Gasteiger partial charge is 0.0599 e. The number of hydrogen-bond donors (Lipinski definition) is 1. The number of nitrogens with zero attached hydrogens (tertiary/aromatic N) is 1. The highest BCUT2D eigenvalue weighted by molar-refractivity contribution is 4.78. The molecule has 21 heavy (non-hydrogen) atoms. The van der Waals surface area contributed by atoms with Crippen LogP contribution in [0, 0.1) is 5.92 Å². The summed E-state index contributed by atoms with van der Waals surface area (Å²) in [5.74, 6) is 0.819. The van der Waals surface area contributed by atoms with E-state index in [1.54, 1.807) is 0 Å². The van der Waals surface area contributed by atoms with Crippen LogP contribution in [0.25, 0.3) is 0 Å². The Morgan fingerprint density at radius 2 is 1.76 bits per heavy atom. The molecule has 0 spiro atoms. The SMILES string of the molecule is CC(C)CCN(CCCOC1CCNCC1)C1CCCC1. The van der Waals surface area contributed by atoms with Gasteiger partial charge in [0.25, 0.3) is 0 Å². The van der Waals surface area contributed by atoms with Crippen LogP contribution < -0.4 is 5.32 Å². The highest BCUT2D eigenvalue weighted by atomic mass is 16.5. The average Bonchev–Trinajstić information content (AvgIpc) is 3.01.